The van der Waals surface area contributed by atoms with Crippen molar-refractivity contribution in [2.75, 3.05) is 6.61 Å². The number of aliphatic hydroxyl groups is 1. The van der Waals surface area contributed by atoms with Gasteiger partial charge in [-0.15, -0.1) is 0 Å². The number of ether oxygens (including phenoxy) is 1. The van der Waals surface area contributed by atoms with Gasteiger partial charge in [-0.1, -0.05) is 12.1 Å². The topological polar surface area (TPSA) is 29.5 Å². The van der Waals surface area contributed by atoms with Gasteiger partial charge in [0.25, 0.3) is 0 Å². The molecule has 100 valence electrons. The van der Waals surface area contributed by atoms with E-state index in [0.717, 1.165) is 24.8 Å². The maximum absolute atomic E-state index is 13.2. The van der Waals surface area contributed by atoms with Gasteiger partial charge in [-0.3, -0.25) is 0 Å². The van der Waals surface area contributed by atoms with Crippen LogP contribution >= 0.6 is 0 Å². The van der Waals surface area contributed by atoms with Crippen LogP contribution in [-0.4, -0.2) is 23.4 Å². The molecule has 0 aliphatic carbocycles. The summed E-state index contributed by atoms with van der Waals surface area (Å²) in [6, 6.07) is 6.48. The zero-order valence-corrected chi connectivity index (χ0v) is 11.0. The first-order valence-corrected chi connectivity index (χ1v) is 6.54. The minimum Gasteiger partial charge on any atom is -0.396 e. The van der Waals surface area contributed by atoms with Gasteiger partial charge in [0, 0.05) is 5.92 Å². The van der Waals surface area contributed by atoms with Crippen LogP contribution in [0.15, 0.2) is 24.3 Å². The van der Waals surface area contributed by atoms with Crippen LogP contribution in [0.2, 0.25) is 0 Å². The van der Waals surface area contributed by atoms with Crippen LogP contribution in [0.3, 0.4) is 0 Å². The van der Waals surface area contributed by atoms with Crippen molar-refractivity contribution in [3.8, 4) is 0 Å². The van der Waals surface area contributed by atoms with Gasteiger partial charge < -0.3 is 9.84 Å². The molecule has 2 atom stereocenters. The van der Waals surface area contributed by atoms with Crippen LogP contribution in [0.25, 0.3) is 0 Å². The van der Waals surface area contributed by atoms with Gasteiger partial charge in [0.2, 0.25) is 0 Å². The van der Waals surface area contributed by atoms with E-state index in [-0.39, 0.29) is 30.0 Å². The average Bonchev–Trinajstić information content (AvgIpc) is 2.65. The molecule has 0 spiro atoms. The number of hydrogen-bond donors (Lipinski definition) is 1. The molecule has 1 fully saturated rings. The number of halogens is 1. The highest BCUT2D eigenvalue weighted by Crippen LogP contribution is 2.34. The molecule has 0 saturated carbocycles. The van der Waals surface area contributed by atoms with Gasteiger partial charge in [-0.25, -0.2) is 4.39 Å². The molecule has 0 bridgehead atoms. The van der Waals surface area contributed by atoms with E-state index in [1.165, 1.54) is 12.1 Å². The smallest absolute Gasteiger partial charge is 0.123 e. The SMILES string of the molecule is CC1(C)CCC(CC(CO)c2cccc(F)c2)O1. The lowest BCUT2D eigenvalue weighted by atomic mass is 9.92. The highest BCUT2D eigenvalue weighted by Gasteiger charge is 2.33. The summed E-state index contributed by atoms with van der Waals surface area (Å²) in [6.07, 6.45) is 2.97. The van der Waals surface area contributed by atoms with Crippen molar-refractivity contribution in [3.05, 3.63) is 35.6 Å². The first-order valence-electron chi connectivity index (χ1n) is 6.54. The van der Waals surface area contributed by atoms with Gasteiger partial charge in [0.1, 0.15) is 5.82 Å². The van der Waals surface area contributed by atoms with E-state index in [4.69, 9.17) is 4.74 Å². The Morgan fingerprint density at radius 3 is 2.83 bits per heavy atom. The maximum Gasteiger partial charge on any atom is 0.123 e. The molecular weight excluding hydrogens is 231 g/mol. The number of hydrogen-bond acceptors (Lipinski definition) is 2. The molecule has 3 heteroatoms. The second-order valence-electron chi connectivity index (χ2n) is 5.71. The highest BCUT2D eigenvalue weighted by molar-refractivity contribution is 5.21. The van der Waals surface area contributed by atoms with Gasteiger partial charge in [-0.05, 0) is 50.8 Å². The zero-order valence-electron chi connectivity index (χ0n) is 11.0. The predicted molar refractivity (Wildman–Crippen MR) is 69.0 cm³/mol. The van der Waals surface area contributed by atoms with E-state index in [9.17, 15) is 9.50 Å². The first kappa shape index (κ1) is 13.5. The molecular formula is C15H21FO2. The number of aliphatic hydroxyl groups excluding tert-OH is 1. The fourth-order valence-corrected chi connectivity index (χ4v) is 2.64. The summed E-state index contributed by atoms with van der Waals surface area (Å²) < 4.78 is 19.1. The summed E-state index contributed by atoms with van der Waals surface area (Å²) in [5.74, 6) is -0.293. The molecule has 1 saturated heterocycles. The van der Waals surface area contributed by atoms with Crippen LogP contribution < -0.4 is 0 Å². The lowest BCUT2D eigenvalue weighted by Gasteiger charge is -2.22. The third-order valence-corrected chi connectivity index (χ3v) is 3.64. The van der Waals surface area contributed by atoms with Crippen molar-refractivity contribution in [3.63, 3.8) is 0 Å². The van der Waals surface area contributed by atoms with Gasteiger partial charge >= 0.3 is 0 Å². The van der Waals surface area contributed by atoms with Crippen LogP contribution in [0, 0.1) is 5.82 Å². The molecule has 1 aliphatic heterocycles. The fourth-order valence-electron chi connectivity index (χ4n) is 2.64. The second-order valence-corrected chi connectivity index (χ2v) is 5.71. The summed E-state index contributed by atoms with van der Waals surface area (Å²) in [4.78, 5) is 0. The van der Waals surface area contributed by atoms with E-state index in [0.29, 0.717) is 0 Å². The normalized spacial score (nSPS) is 24.1. The van der Waals surface area contributed by atoms with Crippen molar-refractivity contribution >= 4 is 0 Å². The lowest BCUT2D eigenvalue weighted by molar-refractivity contribution is -0.0229. The van der Waals surface area contributed by atoms with Gasteiger partial charge in [0.05, 0.1) is 18.3 Å². The lowest BCUT2D eigenvalue weighted by Crippen LogP contribution is -2.22. The fraction of sp³-hybridized carbons (Fsp3) is 0.600. The Balaban J connectivity index is 2.02. The Morgan fingerprint density at radius 2 is 2.28 bits per heavy atom. The van der Waals surface area contributed by atoms with Crippen molar-refractivity contribution in [2.24, 2.45) is 0 Å². The summed E-state index contributed by atoms with van der Waals surface area (Å²) in [5, 5.41) is 9.48. The Kier molecular flexibility index (Phi) is 4.03. The minimum atomic E-state index is -0.251. The minimum absolute atomic E-state index is 0.0315. The zero-order chi connectivity index (χ0) is 13.2. The van der Waals surface area contributed by atoms with Crippen molar-refractivity contribution in [2.45, 2.75) is 50.7 Å². The molecule has 18 heavy (non-hydrogen) atoms. The van der Waals surface area contributed by atoms with Crippen molar-refractivity contribution < 1.29 is 14.2 Å². The van der Waals surface area contributed by atoms with E-state index < -0.39 is 0 Å². The molecule has 0 radical (unpaired) electrons. The Bertz CT molecular complexity index is 403. The predicted octanol–water partition coefficient (Wildman–Crippen LogP) is 3.25. The van der Waals surface area contributed by atoms with Crippen molar-refractivity contribution in [1.82, 2.24) is 0 Å². The number of rotatable bonds is 4. The van der Waals surface area contributed by atoms with E-state index >= 15 is 0 Å². The third-order valence-electron chi connectivity index (χ3n) is 3.64. The first-order chi connectivity index (χ1) is 8.50. The molecule has 0 aromatic heterocycles. The van der Waals surface area contributed by atoms with Gasteiger partial charge in [0.15, 0.2) is 0 Å². The highest BCUT2D eigenvalue weighted by atomic mass is 19.1. The standard InChI is InChI=1S/C15H21FO2/c1-15(2)7-6-14(18-15)9-12(10-17)11-4-3-5-13(16)8-11/h3-5,8,12,14,17H,6-7,9-10H2,1-2H3. The Labute approximate surface area is 108 Å². The van der Waals surface area contributed by atoms with Crippen LogP contribution in [0.5, 0.6) is 0 Å². The summed E-state index contributed by atoms with van der Waals surface area (Å²) in [5.41, 5.74) is 0.790. The molecule has 0 amide bonds. The number of benzene rings is 1. The third kappa shape index (κ3) is 3.30. The van der Waals surface area contributed by atoms with Gasteiger partial charge in [-0.2, -0.15) is 0 Å². The monoisotopic (exact) mass is 252 g/mol. The summed E-state index contributed by atoms with van der Waals surface area (Å²) in [6.45, 7) is 4.20. The molecule has 1 N–H and O–H groups in total. The average molecular weight is 252 g/mol. The summed E-state index contributed by atoms with van der Waals surface area (Å²) in [7, 11) is 0. The molecule has 1 aromatic rings. The van der Waals surface area contributed by atoms with E-state index in [1.807, 2.05) is 6.07 Å². The van der Waals surface area contributed by atoms with Crippen LogP contribution in [-0.2, 0) is 4.74 Å². The summed E-state index contributed by atoms with van der Waals surface area (Å²) >= 11 is 0. The quantitative estimate of drug-likeness (QED) is 0.891. The molecule has 2 nitrogen and oxygen atoms in total. The largest absolute Gasteiger partial charge is 0.396 e. The van der Waals surface area contributed by atoms with Crippen LogP contribution in [0.4, 0.5) is 4.39 Å². The van der Waals surface area contributed by atoms with E-state index in [1.54, 1.807) is 6.07 Å². The maximum atomic E-state index is 13.2. The molecule has 1 aliphatic rings. The Hall–Kier alpha value is -0.930. The molecule has 1 heterocycles. The van der Waals surface area contributed by atoms with Crippen molar-refractivity contribution in [1.29, 1.82) is 0 Å². The molecule has 2 rings (SSSR count). The Morgan fingerprint density at radius 1 is 1.50 bits per heavy atom. The van der Waals surface area contributed by atoms with Crippen LogP contribution in [0.1, 0.15) is 44.6 Å². The second kappa shape index (κ2) is 5.37. The molecule has 2 unspecified atom stereocenters. The molecule has 1 aromatic carbocycles. The van der Waals surface area contributed by atoms with E-state index in [2.05, 4.69) is 13.8 Å².